The van der Waals surface area contributed by atoms with Crippen LogP contribution in [0.1, 0.15) is 28.4 Å². The molecular formula is C18H17FO3. The Balaban J connectivity index is 2.34. The lowest BCUT2D eigenvalue weighted by Gasteiger charge is -2.13. The number of ether oxygens (including phenoxy) is 2. The highest BCUT2D eigenvalue weighted by Gasteiger charge is 2.18. The molecule has 0 N–H and O–H groups in total. The summed E-state index contributed by atoms with van der Waals surface area (Å²) in [5.41, 5.74) is 1.89. The second-order valence-corrected chi connectivity index (χ2v) is 4.87. The van der Waals surface area contributed by atoms with Crippen molar-refractivity contribution >= 4 is 11.5 Å². The first kappa shape index (κ1) is 15.8. The molecular weight excluding hydrogens is 283 g/mol. The Labute approximate surface area is 129 Å². The van der Waals surface area contributed by atoms with Crippen LogP contribution >= 0.6 is 0 Å². The first-order chi connectivity index (χ1) is 10.5. The monoisotopic (exact) mass is 300 g/mol. The zero-order valence-electron chi connectivity index (χ0n) is 12.6. The number of carbonyl (C=O) groups excluding carboxylic acids is 1. The van der Waals surface area contributed by atoms with Gasteiger partial charge in [-0.1, -0.05) is 36.9 Å². The summed E-state index contributed by atoms with van der Waals surface area (Å²) < 4.78 is 24.4. The number of hydrogen-bond donors (Lipinski definition) is 0. The van der Waals surface area contributed by atoms with Crippen molar-refractivity contribution in [1.29, 1.82) is 0 Å². The fourth-order valence-electron chi connectivity index (χ4n) is 2.01. The molecule has 0 aliphatic heterocycles. The molecule has 0 spiro atoms. The largest absolute Gasteiger partial charge is 0.488 e. The smallest absolute Gasteiger partial charge is 0.341 e. The van der Waals surface area contributed by atoms with Crippen LogP contribution in [0.5, 0.6) is 5.75 Å². The maximum absolute atomic E-state index is 14.1. The van der Waals surface area contributed by atoms with Crippen LogP contribution in [-0.2, 0) is 11.3 Å². The molecule has 0 aliphatic rings. The standard InChI is InChI=1S/C18H17FO3/c1-12(2)14-9-15(18(20)21-3)17(10-16(14)19)22-11-13-7-5-4-6-8-13/h4-10H,1,11H2,2-3H3. The molecule has 0 heterocycles. The number of allylic oxidation sites excluding steroid dienone is 1. The van der Waals surface area contributed by atoms with E-state index >= 15 is 0 Å². The predicted molar refractivity (Wildman–Crippen MR) is 83.2 cm³/mol. The number of esters is 1. The number of methoxy groups -OCH3 is 1. The maximum Gasteiger partial charge on any atom is 0.341 e. The Morgan fingerprint density at radius 2 is 1.86 bits per heavy atom. The first-order valence-electron chi connectivity index (χ1n) is 6.77. The second kappa shape index (κ2) is 6.89. The van der Waals surface area contributed by atoms with Crippen LogP contribution in [0.4, 0.5) is 4.39 Å². The van der Waals surface area contributed by atoms with Gasteiger partial charge in [0.2, 0.25) is 0 Å². The quantitative estimate of drug-likeness (QED) is 0.775. The van der Waals surface area contributed by atoms with Crippen molar-refractivity contribution in [3.05, 3.63) is 71.6 Å². The zero-order chi connectivity index (χ0) is 16.1. The van der Waals surface area contributed by atoms with Crippen molar-refractivity contribution in [2.75, 3.05) is 7.11 Å². The van der Waals surface area contributed by atoms with E-state index in [0.29, 0.717) is 5.57 Å². The summed E-state index contributed by atoms with van der Waals surface area (Å²) in [7, 11) is 1.27. The van der Waals surface area contributed by atoms with E-state index in [4.69, 9.17) is 9.47 Å². The lowest BCUT2D eigenvalue weighted by molar-refractivity contribution is 0.0595. The third-order valence-corrected chi connectivity index (χ3v) is 3.17. The number of rotatable bonds is 5. The predicted octanol–water partition coefficient (Wildman–Crippen LogP) is 4.22. The van der Waals surface area contributed by atoms with Crippen molar-refractivity contribution < 1.29 is 18.7 Å². The Morgan fingerprint density at radius 1 is 1.18 bits per heavy atom. The van der Waals surface area contributed by atoms with Crippen molar-refractivity contribution in [3.8, 4) is 5.75 Å². The number of carbonyl (C=O) groups is 1. The molecule has 0 bridgehead atoms. The molecule has 0 saturated heterocycles. The van der Waals surface area contributed by atoms with E-state index in [-0.39, 0.29) is 23.5 Å². The fourth-order valence-corrected chi connectivity index (χ4v) is 2.01. The molecule has 0 amide bonds. The molecule has 0 radical (unpaired) electrons. The van der Waals surface area contributed by atoms with E-state index in [2.05, 4.69) is 6.58 Å². The molecule has 0 aromatic heterocycles. The lowest BCUT2D eigenvalue weighted by atomic mass is 10.0. The Kier molecular flexibility index (Phi) is 4.94. The summed E-state index contributed by atoms with van der Waals surface area (Å²) in [6.45, 7) is 5.61. The topological polar surface area (TPSA) is 35.5 Å². The molecule has 2 aromatic rings. The van der Waals surface area contributed by atoms with E-state index in [1.807, 2.05) is 30.3 Å². The maximum atomic E-state index is 14.1. The average Bonchev–Trinajstić information content (AvgIpc) is 2.52. The van der Waals surface area contributed by atoms with Gasteiger partial charge >= 0.3 is 5.97 Å². The molecule has 0 aliphatic carbocycles. The Bertz CT molecular complexity index is 693. The normalized spacial score (nSPS) is 10.1. The number of hydrogen-bond acceptors (Lipinski definition) is 3. The van der Waals surface area contributed by atoms with Gasteiger partial charge in [-0.15, -0.1) is 0 Å². The van der Waals surface area contributed by atoms with Crippen LogP contribution in [0.2, 0.25) is 0 Å². The molecule has 3 nitrogen and oxygen atoms in total. The van der Waals surface area contributed by atoms with Crippen LogP contribution in [0.15, 0.2) is 49.0 Å². The van der Waals surface area contributed by atoms with Crippen molar-refractivity contribution in [3.63, 3.8) is 0 Å². The fraction of sp³-hybridized carbons (Fsp3) is 0.167. The molecule has 0 unspecified atom stereocenters. The molecule has 2 rings (SSSR count). The van der Waals surface area contributed by atoms with Gasteiger partial charge in [-0.2, -0.15) is 0 Å². The number of halogens is 1. The minimum atomic E-state index is -0.578. The molecule has 4 heteroatoms. The van der Waals surface area contributed by atoms with Crippen LogP contribution in [-0.4, -0.2) is 13.1 Å². The summed E-state index contributed by atoms with van der Waals surface area (Å²) in [5.74, 6) is -0.910. The van der Waals surface area contributed by atoms with Gasteiger partial charge in [0.05, 0.1) is 7.11 Å². The van der Waals surface area contributed by atoms with E-state index in [0.717, 1.165) is 5.56 Å². The molecule has 114 valence electrons. The minimum Gasteiger partial charge on any atom is -0.488 e. The Morgan fingerprint density at radius 3 is 2.45 bits per heavy atom. The van der Waals surface area contributed by atoms with E-state index in [1.165, 1.54) is 19.2 Å². The summed E-state index contributed by atoms with van der Waals surface area (Å²) in [6.07, 6.45) is 0. The van der Waals surface area contributed by atoms with Gasteiger partial charge in [-0.3, -0.25) is 0 Å². The van der Waals surface area contributed by atoms with Crippen molar-refractivity contribution in [1.82, 2.24) is 0 Å². The van der Waals surface area contributed by atoms with Crippen LogP contribution in [0.3, 0.4) is 0 Å². The summed E-state index contributed by atoms with van der Waals surface area (Å²) in [5, 5.41) is 0. The highest BCUT2D eigenvalue weighted by atomic mass is 19.1. The van der Waals surface area contributed by atoms with Crippen LogP contribution in [0.25, 0.3) is 5.57 Å². The molecule has 22 heavy (non-hydrogen) atoms. The molecule has 2 aromatic carbocycles. The van der Waals surface area contributed by atoms with Crippen molar-refractivity contribution in [2.24, 2.45) is 0 Å². The highest BCUT2D eigenvalue weighted by molar-refractivity contribution is 5.93. The van der Waals surface area contributed by atoms with E-state index in [9.17, 15) is 9.18 Å². The van der Waals surface area contributed by atoms with E-state index < -0.39 is 11.8 Å². The van der Waals surface area contributed by atoms with Gasteiger partial charge in [0.1, 0.15) is 23.7 Å². The SMILES string of the molecule is C=C(C)c1cc(C(=O)OC)c(OCc2ccccc2)cc1F. The van der Waals surface area contributed by atoms with Gasteiger partial charge in [0.15, 0.2) is 0 Å². The average molecular weight is 300 g/mol. The molecule has 0 saturated carbocycles. The van der Waals surface area contributed by atoms with Crippen molar-refractivity contribution in [2.45, 2.75) is 13.5 Å². The Hall–Kier alpha value is -2.62. The molecule has 0 fully saturated rings. The molecule has 0 atom stereocenters. The van der Waals surface area contributed by atoms with Gasteiger partial charge in [-0.05, 0) is 24.1 Å². The zero-order valence-corrected chi connectivity index (χ0v) is 12.6. The van der Waals surface area contributed by atoms with Gasteiger partial charge in [0.25, 0.3) is 0 Å². The van der Waals surface area contributed by atoms with Crippen LogP contribution < -0.4 is 4.74 Å². The van der Waals surface area contributed by atoms with E-state index in [1.54, 1.807) is 6.92 Å². The highest BCUT2D eigenvalue weighted by Crippen LogP contribution is 2.28. The third-order valence-electron chi connectivity index (χ3n) is 3.17. The second-order valence-electron chi connectivity index (χ2n) is 4.87. The summed E-state index contributed by atoms with van der Waals surface area (Å²) in [4.78, 5) is 11.9. The lowest BCUT2D eigenvalue weighted by Crippen LogP contribution is -2.08. The van der Waals surface area contributed by atoms with Gasteiger partial charge in [0, 0.05) is 11.6 Å². The third kappa shape index (κ3) is 3.52. The van der Waals surface area contributed by atoms with Crippen LogP contribution in [0, 0.1) is 5.82 Å². The summed E-state index contributed by atoms with van der Waals surface area (Å²) in [6, 6.07) is 12.0. The van der Waals surface area contributed by atoms with Gasteiger partial charge in [-0.25, -0.2) is 9.18 Å². The van der Waals surface area contributed by atoms with Gasteiger partial charge < -0.3 is 9.47 Å². The number of benzene rings is 2. The first-order valence-corrected chi connectivity index (χ1v) is 6.77. The minimum absolute atomic E-state index is 0.151. The summed E-state index contributed by atoms with van der Waals surface area (Å²) >= 11 is 0.